The maximum absolute atomic E-state index is 11.8. The van der Waals surface area contributed by atoms with Gasteiger partial charge in [-0.3, -0.25) is 4.79 Å². The van der Waals surface area contributed by atoms with Crippen molar-refractivity contribution in [2.45, 2.75) is 44.6 Å². The molecule has 0 radical (unpaired) electrons. The Hall–Kier alpha value is -0.580. The minimum Gasteiger partial charge on any atom is -0.356 e. The Morgan fingerprint density at radius 1 is 1.42 bits per heavy atom. The highest BCUT2D eigenvalue weighted by molar-refractivity contribution is 7.09. The van der Waals surface area contributed by atoms with E-state index < -0.39 is 0 Å². The van der Waals surface area contributed by atoms with Crippen LogP contribution in [0, 0.1) is 5.92 Å². The van der Waals surface area contributed by atoms with Crippen molar-refractivity contribution in [1.82, 2.24) is 5.32 Å². The van der Waals surface area contributed by atoms with Crippen LogP contribution in [-0.4, -0.2) is 18.5 Å². The molecule has 108 valence electrons. The molecule has 1 aromatic heterocycles. The van der Waals surface area contributed by atoms with Crippen LogP contribution >= 0.6 is 23.7 Å². The van der Waals surface area contributed by atoms with Crippen molar-refractivity contribution < 1.29 is 4.79 Å². The maximum Gasteiger partial charge on any atom is 0.220 e. The summed E-state index contributed by atoms with van der Waals surface area (Å²) < 4.78 is 0. The Kier molecular flexibility index (Phi) is 7.42. The van der Waals surface area contributed by atoms with Crippen LogP contribution in [0.5, 0.6) is 0 Å². The van der Waals surface area contributed by atoms with Gasteiger partial charge in [-0.05, 0) is 36.6 Å². The van der Waals surface area contributed by atoms with Crippen LogP contribution in [0.2, 0.25) is 0 Å². The van der Waals surface area contributed by atoms with Gasteiger partial charge in [0.15, 0.2) is 0 Å². The molecule has 0 spiro atoms. The first kappa shape index (κ1) is 16.5. The fourth-order valence-electron chi connectivity index (χ4n) is 2.58. The molecule has 0 aliphatic heterocycles. The predicted octanol–water partition coefficient (Wildman–Crippen LogP) is 2.74. The molecule has 1 fully saturated rings. The van der Waals surface area contributed by atoms with Crippen LogP contribution in [-0.2, 0) is 11.2 Å². The smallest absolute Gasteiger partial charge is 0.220 e. The third kappa shape index (κ3) is 5.51. The number of thiophene rings is 1. The average Bonchev–Trinajstić information content (AvgIpc) is 2.85. The Morgan fingerprint density at radius 2 is 2.21 bits per heavy atom. The second-order valence-electron chi connectivity index (χ2n) is 5.09. The van der Waals surface area contributed by atoms with Crippen molar-refractivity contribution in [3.8, 4) is 0 Å². The molecule has 3 nitrogen and oxygen atoms in total. The van der Waals surface area contributed by atoms with Gasteiger partial charge >= 0.3 is 0 Å². The third-order valence-corrected chi connectivity index (χ3v) is 4.63. The molecule has 1 amide bonds. The zero-order valence-corrected chi connectivity index (χ0v) is 12.8. The molecule has 0 saturated heterocycles. The third-order valence-electron chi connectivity index (χ3n) is 3.69. The zero-order chi connectivity index (χ0) is 12.8. The second kappa shape index (κ2) is 8.56. The van der Waals surface area contributed by atoms with E-state index >= 15 is 0 Å². The Balaban J connectivity index is 0.00000180. The highest BCUT2D eigenvalue weighted by atomic mass is 35.5. The summed E-state index contributed by atoms with van der Waals surface area (Å²) in [4.78, 5) is 13.1. The van der Waals surface area contributed by atoms with Gasteiger partial charge in [0.05, 0.1) is 0 Å². The second-order valence-corrected chi connectivity index (χ2v) is 6.12. The number of halogens is 1. The fourth-order valence-corrected chi connectivity index (χ4v) is 3.29. The van der Waals surface area contributed by atoms with E-state index in [0.717, 1.165) is 25.8 Å². The molecule has 0 bridgehead atoms. The summed E-state index contributed by atoms with van der Waals surface area (Å²) in [5.41, 5.74) is 6.05. The van der Waals surface area contributed by atoms with E-state index in [1.165, 1.54) is 17.7 Å². The van der Waals surface area contributed by atoms with Crippen LogP contribution in [0.15, 0.2) is 17.5 Å². The van der Waals surface area contributed by atoms with Gasteiger partial charge in [0.2, 0.25) is 5.91 Å². The largest absolute Gasteiger partial charge is 0.356 e. The van der Waals surface area contributed by atoms with E-state index in [1.54, 1.807) is 11.3 Å². The summed E-state index contributed by atoms with van der Waals surface area (Å²) in [6.45, 7) is 0.737. The first-order valence-electron chi connectivity index (χ1n) is 6.80. The van der Waals surface area contributed by atoms with Crippen LogP contribution in [0.4, 0.5) is 0 Å². The van der Waals surface area contributed by atoms with Crippen molar-refractivity contribution in [1.29, 1.82) is 0 Å². The summed E-state index contributed by atoms with van der Waals surface area (Å²) in [5.74, 6) is 0.550. The van der Waals surface area contributed by atoms with Crippen LogP contribution in [0.1, 0.15) is 37.0 Å². The predicted molar refractivity (Wildman–Crippen MR) is 82.8 cm³/mol. The van der Waals surface area contributed by atoms with Gasteiger partial charge in [-0.2, -0.15) is 0 Å². The molecular formula is C14H23ClN2OS. The molecule has 1 aliphatic carbocycles. The Bertz CT molecular complexity index is 370. The number of nitrogens with two attached hydrogens (primary N) is 1. The molecular weight excluding hydrogens is 280 g/mol. The van der Waals surface area contributed by atoms with Gasteiger partial charge in [-0.25, -0.2) is 0 Å². The number of carbonyl (C=O) groups excluding carboxylic acids is 1. The highest BCUT2D eigenvalue weighted by Crippen LogP contribution is 2.25. The quantitative estimate of drug-likeness (QED) is 0.879. The molecule has 1 saturated carbocycles. The average molecular weight is 303 g/mol. The first-order chi connectivity index (χ1) is 8.75. The van der Waals surface area contributed by atoms with Crippen molar-refractivity contribution in [2.75, 3.05) is 6.54 Å². The molecule has 5 heteroatoms. The lowest BCUT2D eigenvalue weighted by atomic mass is 9.83. The fraction of sp³-hybridized carbons (Fsp3) is 0.643. The topological polar surface area (TPSA) is 55.1 Å². The number of hydrogen-bond donors (Lipinski definition) is 2. The molecule has 2 atom stereocenters. The lowest BCUT2D eigenvalue weighted by molar-refractivity contribution is -0.122. The summed E-state index contributed by atoms with van der Waals surface area (Å²) in [6.07, 6.45) is 6.16. The minimum atomic E-state index is 0. The number of hydrogen-bond acceptors (Lipinski definition) is 3. The molecule has 3 N–H and O–H groups in total. The van der Waals surface area contributed by atoms with Gasteiger partial charge < -0.3 is 11.1 Å². The van der Waals surface area contributed by atoms with E-state index in [-0.39, 0.29) is 24.4 Å². The normalized spacial score (nSPS) is 22.6. The van der Waals surface area contributed by atoms with E-state index in [2.05, 4.69) is 16.8 Å². The molecule has 1 heterocycles. The number of rotatable bonds is 5. The Labute approximate surface area is 125 Å². The van der Waals surface area contributed by atoms with Gasteiger partial charge in [0.25, 0.3) is 0 Å². The van der Waals surface area contributed by atoms with Crippen LogP contribution in [0.3, 0.4) is 0 Å². The van der Waals surface area contributed by atoms with Gasteiger partial charge in [-0.15, -0.1) is 23.7 Å². The monoisotopic (exact) mass is 302 g/mol. The van der Waals surface area contributed by atoms with Gasteiger partial charge in [-0.1, -0.05) is 18.9 Å². The molecule has 2 unspecified atom stereocenters. The van der Waals surface area contributed by atoms with Gasteiger partial charge in [0.1, 0.15) is 0 Å². The number of nitrogens with one attached hydrogen (secondary N) is 1. The molecule has 2 rings (SSSR count). The minimum absolute atomic E-state index is 0. The van der Waals surface area contributed by atoms with Crippen molar-refractivity contribution in [3.63, 3.8) is 0 Å². The van der Waals surface area contributed by atoms with Crippen LogP contribution in [0.25, 0.3) is 0 Å². The Morgan fingerprint density at radius 3 is 2.89 bits per heavy atom. The van der Waals surface area contributed by atoms with Gasteiger partial charge in [0, 0.05) is 23.9 Å². The summed E-state index contributed by atoms with van der Waals surface area (Å²) in [6, 6.07) is 4.37. The number of carbonyl (C=O) groups is 1. The highest BCUT2D eigenvalue weighted by Gasteiger charge is 2.23. The summed E-state index contributed by atoms with van der Waals surface area (Å²) >= 11 is 1.74. The SMILES string of the molecule is Cl.NC1CCCCC1CC(=O)NCCc1cccs1. The first-order valence-corrected chi connectivity index (χ1v) is 7.68. The lowest BCUT2D eigenvalue weighted by Crippen LogP contribution is -2.37. The van der Waals surface area contributed by atoms with E-state index in [9.17, 15) is 4.79 Å². The number of amides is 1. The molecule has 19 heavy (non-hydrogen) atoms. The zero-order valence-electron chi connectivity index (χ0n) is 11.1. The standard InChI is InChI=1S/C14H22N2OS.ClH/c15-13-6-2-1-4-11(13)10-14(17)16-8-7-12-5-3-9-18-12;/h3,5,9,11,13H,1-2,4,6-8,10,15H2,(H,16,17);1H. The summed E-state index contributed by atoms with van der Waals surface area (Å²) in [5, 5.41) is 5.07. The molecule has 0 aromatic carbocycles. The van der Waals surface area contributed by atoms with Crippen molar-refractivity contribution >= 4 is 29.7 Å². The summed E-state index contributed by atoms with van der Waals surface area (Å²) in [7, 11) is 0. The lowest BCUT2D eigenvalue weighted by Gasteiger charge is -2.27. The van der Waals surface area contributed by atoms with Crippen molar-refractivity contribution in [2.24, 2.45) is 11.7 Å². The van der Waals surface area contributed by atoms with E-state index in [4.69, 9.17) is 5.73 Å². The molecule has 1 aromatic rings. The molecule has 1 aliphatic rings. The van der Waals surface area contributed by atoms with E-state index in [0.29, 0.717) is 12.3 Å². The van der Waals surface area contributed by atoms with Crippen molar-refractivity contribution in [3.05, 3.63) is 22.4 Å². The van der Waals surface area contributed by atoms with E-state index in [1.807, 2.05) is 6.07 Å². The van der Waals surface area contributed by atoms with Crippen LogP contribution < -0.4 is 11.1 Å². The maximum atomic E-state index is 11.8.